The predicted molar refractivity (Wildman–Crippen MR) is 87.2 cm³/mol. The molecular formula is C17H19N3O2. The second-order valence-electron chi connectivity index (χ2n) is 5.50. The minimum atomic E-state index is -0.340. The highest BCUT2D eigenvalue weighted by molar-refractivity contribution is 5.99. The standard InChI is InChI=1S/C17H19N3O2/c1-11-13-4-2-3-5-14(13)20-17(22)15(11)16(21)19-10-12-6-8-18-9-7-12/h2-6,18H,7-10H2,1H3,(H,19,21)(H,20,22). The molecular weight excluding hydrogens is 278 g/mol. The lowest BCUT2D eigenvalue weighted by Crippen LogP contribution is -2.33. The van der Waals surface area contributed by atoms with E-state index in [1.165, 1.54) is 5.57 Å². The molecule has 2 aromatic rings. The molecule has 5 nitrogen and oxygen atoms in total. The lowest BCUT2D eigenvalue weighted by atomic mass is 10.0. The number of pyridine rings is 1. The molecule has 3 rings (SSSR count). The van der Waals surface area contributed by atoms with Crippen LogP contribution in [-0.4, -0.2) is 30.5 Å². The van der Waals surface area contributed by atoms with E-state index in [1.54, 1.807) is 0 Å². The maximum Gasteiger partial charge on any atom is 0.261 e. The molecule has 1 aromatic carbocycles. The first-order valence-corrected chi connectivity index (χ1v) is 7.45. The van der Waals surface area contributed by atoms with Crippen molar-refractivity contribution < 1.29 is 4.79 Å². The van der Waals surface area contributed by atoms with Gasteiger partial charge in [0.05, 0.1) is 0 Å². The Morgan fingerprint density at radius 1 is 1.32 bits per heavy atom. The quantitative estimate of drug-likeness (QED) is 0.751. The summed E-state index contributed by atoms with van der Waals surface area (Å²) in [4.78, 5) is 27.4. The maximum atomic E-state index is 12.4. The third-order valence-corrected chi connectivity index (χ3v) is 4.04. The van der Waals surface area contributed by atoms with Crippen LogP contribution in [0.1, 0.15) is 22.3 Å². The zero-order valence-corrected chi connectivity index (χ0v) is 12.5. The van der Waals surface area contributed by atoms with Crippen LogP contribution in [0.2, 0.25) is 0 Å². The van der Waals surface area contributed by atoms with Crippen LogP contribution < -0.4 is 16.2 Å². The zero-order valence-electron chi connectivity index (χ0n) is 12.5. The topological polar surface area (TPSA) is 74.0 Å². The maximum absolute atomic E-state index is 12.4. The molecule has 5 heteroatoms. The Hall–Kier alpha value is -2.40. The number of H-pyrrole nitrogens is 1. The molecule has 1 aromatic heterocycles. The molecule has 114 valence electrons. The van der Waals surface area contributed by atoms with Crippen LogP contribution in [0, 0.1) is 6.92 Å². The minimum Gasteiger partial charge on any atom is -0.348 e. The van der Waals surface area contributed by atoms with E-state index in [-0.39, 0.29) is 17.0 Å². The molecule has 1 aliphatic heterocycles. The van der Waals surface area contributed by atoms with E-state index in [9.17, 15) is 9.59 Å². The third kappa shape index (κ3) is 2.80. The monoisotopic (exact) mass is 297 g/mol. The van der Waals surface area contributed by atoms with Crippen molar-refractivity contribution in [2.45, 2.75) is 13.3 Å². The van der Waals surface area contributed by atoms with E-state index in [0.717, 1.165) is 36.0 Å². The van der Waals surface area contributed by atoms with Crippen molar-refractivity contribution in [2.24, 2.45) is 0 Å². The Kier molecular flexibility index (Phi) is 4.06. The Bertz CT molecular complexity index is 805. The van der Waals surface area contributed by atoms with Crippen LogP contribution in [0.25, 0.3) is 10.9 Å². The van der Waals surface area contributed by atoms with Gasteiger partial charge in [0.15, 0.2) is 0 Å². The Morgan fingerprint density at radius 3 is 2.91 bits per heavy atom. The van der Waals surface area contributed by atoms with Crippen molar-refractivity contribution in [3.63, 3.8) is 0 Å². The molecule has 2 heterocycles. The molecule has 0 unspecified atom stereocenters. The molecule has 3 N–H and O–H groups in total. The van der Waals surface area contributed by atoms with Crippen molar-refractivity contribution in [2.75, 3.05) is 19.6 Å². The average molecular weight is 297 g/mol. The number of aromatic nitrogens is 1. The fourth-order valence-electron chi connectivity index (χ4n) is 2.79. The number of fused-ring (bicyclic) bond motifs is 1. The number of aromatic amines is 1. The van der Waals surface area contributed by atoms with Gasteiger partial charge in [-0.05, 0) is 31.5 Å². The van der Waals surface area contributed by atoms with Crippen molar-refractivity contribution in [3.05, 3.63) is 57.4 Å². The summed E-state index contributed by atoms with van der Waals surface area (Å²) in [5, 5.41) is 6.98. The van der Waals surface area contributed by atoms with E-state index in [4.69, 9.17) is 0 Å². The fraction of sp³-hybridized carbons (Fsp3) is 0.294. The lowest BCUT2D eigenvalue weighted by molar-refractivity contribution is 0.0954. The van der Waals surface area contributed by atoms with E-state index >= 15 is 0 Å². The predicted octanol–water partition coefficient (Wildman–Crippen LogP) is 1.49. The number of aryl methyl sites for hydroxylation is 1. The van der Waals surface area contributed by atoms with Gasteiger partial charge in [0.25, 0.3) is 11.5 Å². The first kappa shape index (κ1) is 14.5. The van der Waals surface area contributed by atoms with Gasteiger partial charge in [-0.1, -0.05) is 29.8 Å². The molecule has 1 amide bonds. The van der Waals surface area contributed by atoms with Crippen LogP contribution in [0.3, 0.4) is 0 Å². The van der Waals surface area contributed by atoms with Gasteiger partial charge in [0, 0.05) is 24.0 Å². The normalized spacial score (nSPS) is 14.7. The molecule has 1 aliphatic rings. The third-order valence-electron chi connectivity index (χ3n) is 4.04. The lowest BCUT2D eigenvalue weighted by Gasteiger charge is -2.15. The summed E-state index contributed by atoms with van der Waals surface area (Å²) in [6.07, 6.45) is 3.01. The first-order chi connectivity index (χ1) is 10.7. The van der Waals surface area contributed by atoms with E-state index in [2.05, 4.69) is 21.7 Å². The zero-order chi connectivity index (χ0) is 15.5. The summed E-state index contributed by atoms with van der Waals surface area (Å²) in [7, 11) is 0. The summed E-state index contributed by atoms with van der Waals surface area (Å²) >= 11 is 0. The van der Waals surface area contributed by atoms with Gasteiger partial charge >= 0.3 is 0 Å². The number of benzene rings is 1. The second kappa shape index (κ2) is 6.15. The van der Waals surface area contributed by atoms with Gasteiger partial charge in [-0.3, -0.25) is 9.59 Å². The molecule has 0 spiro atoms. The summed E-state index contributed by atoms with van der Waals surface area (Å²) in [6, 6.07) is 7.51. The van der Waals surface area contributed by atoms with Crippen LogP contribution >= 0.6 is 0 Å². The second-order valence-corrected chi connectivity index (χ2v) is 5.50. The molecule has 0 aliphatic carbocycles. The van der Waals surface area contributed by atoms with Gasteiger partial charge in [0.1, 0.15) is 5.56 Å². The Labute approximate surface area is 128 Å². The Balaban J connectivity index is 1.87. The largest absolute Gasteiger partial charge is 0.348 e. The average Bonchev–Trinajstić information content (AvgIpc) is 2.54. The molecule has 0 bridgehead atoms. The van der Waals surface area contributed by atoms with Crippen molar-refractivity contribution in [1.29, 1.82) is 0 Å². The highest BCUT2D eigenvalue weighted by Crippen LogP contribution is 2.16. The number of hydrogen-bond acceptors (Lipinski definition) is 3. The summed E-state index contributed by atoms with van der Waals surface area (Å²) < 4.78 is 0. The van der Waals surface area contributed by atoms with Gasteiger partial charge in [-0.2, -0.15) is 0 Å². The SMILES string of the molecule is Cc1c(C(=O)NCC2=CCNCC2)c(=O)[nH]c2ccccc12. The number of amides is 1. The fourth-order valence-corrected chi connectivity index (χ4v) is 2.79. The molecule has 0 fully saturated rings. The number of nitrogens with one attached hydrogen (secondary N) is 3. The number of carbonyl (C=O) groups is 1. The number of para-hydroxylation sites is 1. The van der Waals surface area contributed by atoms with Gasteiger partial charge in [-0.25, -0.2) is 0 Å². The van der Waals surface area contributed by atoms with Crippen LogP contribution in [0.4, 0.5) is 0 Å². The van der Waals surface area contributed by atoms with Gasteiger partial charge in [0.2, 0.25) is 0 Å². The van der Waals surface area contributed by atoms with Crippen molar-refractivity contribution >= 4 is 16.8 Å². The highest BCUT2D eigenvalue weighted by atomic mass is 16.2. The molecule has 0 atom stereocenters. The summed E-state index contributed by atoms with van der Waals surface area (Å²) in [5.41, 5.74) is 2.53. The van der Waals surface area contributed by atoms with E-state index in [0.29, 0.717) is 6.54 Å². The van der Waals surface area contributed by atoms with E-state index < -0.39 is 0 Å². The van der Waals surface area contributed by atoms with Crippen LogP contribution in [0.5, 0.6) is 0 Å². The van der Waals surface area contributed by atoms with Crippen molar-refractivity contribution in [1.82, 2.24) is 15.6 Å². The van der Waals surface area contributed by atoms with Crippen molar-refractivity contribution in [3.8, 4) is 0 Å². The molecule has 0 saturated heterocycles. The van der Waals surface area contributed by atoms with Crippen LogP contribution in [-0.2, 0) is 0 Å². The smallest absolute Gasteiger partial charge is 0.261 e. The Morgan fingerprint density at radius 2 is 2.14 bits per heavy atom. The summed E-state index contributed by atoms with van der Waals surface area (Å²) in [6.45, 7) is 4.07. The molecule has 22 heavy (non-hydrogen) atoms. The number of hydrogen-bond donors (Lipinski definition) is 3. The summed E-state index contributed by atoms with van der Waals surface area (Å²) in [5.74, 6) is -0.316. The van der Waals surface area contributed by atoms with Crippen LogP contribution in [0.15, 0.2) is 40.7 Å². The van der Waals surface area contributed by atoms with Gasteiger partial charge < -0.3 is 15.6 Å². The minimum absolute atomic E-state index is 0.202. The molecule has 0 radical (unpaired) electrons. The number of carbonyl (C=O) groups excluding carboxylic acids is 1. The number of rotatable bonds is 3. The first-order valence-electron chi connectivity index (χ1n) is 7.45. The van der Waals surface area contributed by atoms with Gasteiger partial charge in [-0.15, -0.1) is 0 Å². The highest BCUT2D eigenvalue weighted by Gasteiger charge is 2.16. The molecule has 0 saturated carbocycles. The van der Waals surface area contributed by atoms with E-state index in [1.807, 2.05) is 31.2 Å².